The van der Waals surface area contributed by atoms with E-state index < -0.39 is 0 Å². The van der Waals surface area contributed by atoms with E-state index in [4.69, 9.17) is 18.8 Å². The second kappa shape index (κ2) is 15.6. The Balaban J connectivity index is 0.819. The summed E-state index contributed by atoms with van der Waals surface area (Å²) in [6, 6.07) is 79.9. The van der Waals surface area contributed by atoms with E-state index >= 15 is 0 Å². The zero-order chi connectivity index (χ0) is 42.4. The highest BCUT2D eigenvalue weighted by Gasteiger charge is 2.19. The fourth-order valence-corrected chi connectivity index (χ4v) is 8.78. The van der Waals surface area contributed by atoms with Gasteiger partial charge in [-0.1, -0.05) is 121 Å². The average Bonchev–Trinajstić information content (AvgIpc) is 4.00. The van der Waals surface area contributed by atoms with E-state index in [9.17, 15) is 0 Å². The third-order valence-electron chi connectivity index (χ3n) is 11.9. The van der Waals surface area contributed by atoms with Crippen LogP contribution in [-0.2, 0) is 0 Å². The number of rotatable bonds is 9. The molecule has 10 aromatic carbocycles. The van der Waals surface area contributed by atoms with Crippen LogP contribution in [0.25, 0.3) is 77.8 Å². The molecule has 0 radical (unpaired) electrons. The number of hydrogen-bond donors (Lipinski definition) is 0. The van der Waals surface area contributed by atoms with E-state index in [1.54, 1.807) is 0 Å². The minimum Gasteiger partial charge on any atom is -0.436 e. The predicted octanol–water partition coefficient (Wildman–Crippen LogP) is 16.2. The summed E-state index contributed by atoms with van der Waals surface area (Å²) in [6.45, 7) is 0. The molecule has 0 N–H and O–H groups in total. The molecule has 0 aliphatic heterocycles. The maximum absolute atomic E-state index is 6.43. The van der Waals surface area contributed by atoms with Gasteiger partial charge < -0.3 is 18.6 Å². The second-order valence-electron chi connectivity index (χ2n) is 15.8. The van der Waals surface area contributed by atoms with Crippen molar-refractivity contribution in [3.63, 3.8) is 0 Å². The molecule has 0 saturated heterocycles. The monoisotopic (exact) mass is 822 g/mol. The first-order valence-electron chi connectivity index (χ1n) is 21.4. The SMILES string of the molecule is c1ccc(N(c2ccc(-c3nc4ccc(-c5ccc6nc(-c7ccc(N(c8ccccc8)c8cccc9ccccc89)cc7)oc6c5)cc4o3)cc2)c2cccc3ccccc23)cc1. The molecular formula is C58H38N4O2. The van der Waals surface area contributed by atoms with Crippen LogP contribution in [0.3, 0.4) is 0 Å². The molecule has 6 nitrogen and oxygen atoms in total. The van der Waals surface area contributed by atoms with E-state index in [0.717, 1.165) is 67.4 Å². The van der Waals surface area contributed by atoms with E-state index in [1.807, 2.05) is 36.4 Å². The van der Waals surface area contributed by atoms with Crippen molar-refractivity contribution in [3.05, 3.63) is 231 Å². The number of fused-ring (bicyclic) bond motifs is 4. The Hall–Kier alpha value is -8.74. The Labute approximate surface area is 369 Å². The van der Waals surface area contributed by atoms with Gasteiger partial charge >= 0.3 is 0 Å². The van der Waals surface area contributed by atoms with E-state index in [-0.39, 0.29) is 0 Å². The summed E-state index contributed by atoms with van der Waals surface area (Å²) in [4.78, 5) is 14.4. The highest BCUT2D eigenvalue weighted by atomic mass is 16.4. The predicted molar refractivity (Wildman–Crippen MR) is 262 cm³/mol. The normalized spacial score (nSPS) is 11.4. The van der Waals surface area contributed by atoms with Crippen LogP contribution in [0, 0.1) is 0 Å². The zero-order valence-electron chi connectivity index (χ0n) is 34.5. The molecule has 0 fully saturated rings. The minimum atomic E-state index is 0.570. The molecule has 0 aliphatic rings. The van der Waals surface area contributed by atoms with Gasteiger partial charge in [-0.15, -0.1) is 0 Å². The van der Waals surface area contributed by atoms with Gasteiger partial charge in [0.25, 0.3) is 0 Å². The van der Waals surface area contributed by atoms with Crippen LogP contribution in [0.4, 0.5) is 34.1 Å². The molecule has 2 aromatic heterocycles. The third kappa shape index (κ3) is 6.71. The fraction of sp³-hybridized carbons (Fsp3) is 0. The molecule has 0 amide bonds. The van der Waals surface area contributed by atoms with Gasteiger partial charge in [-0.05, 0) is 131 Å². The largest absolute Gasteiger partial charge is 0.436 e. The van der Waals surface area contributed by atoms with Crippen LogP contribution in [0.5, 0.6) is 0 Å². The average molecular weight is 823 g/mol. The summed E-state index contributed by atoms with van der Waals surface area (Å²) >= 11 is 0. The molecule has 0 bridgehead atoms. The van der Waals surface area contributed by atoms with Gasteiger partial charge in [0.2, 0.25) is 11.8 Å². The van der Waals surface area contributed by atoms with Crippen LogP contribution in [0.2, 0.25) is 0 Å². The van der Waals surface area contributed by atoms with Crippen molar-refractivity contribution < 1.29 is 8.83 Å². The van der Waals surface area contributed by atoms with E-state index in [2.05, 4.69) is 204 Å². The summed E-state index contributed by atoms with van der Waals surface area (Å²) in [6.07, 6.45) is 0. The number of hydrogen-bond acceptors (Lipinski definition) is 6. The van der Waals surface area contributed by atoms with Gasteiger partial charge in [0.05, 0.1) is 11.4 Å². The second-order valence-corrected chi connectivity index (χ2v) is 15.8. The lowest BCUT2D eigenvalue weighted by Crippen LogP contribution is -2.10. The van der Waals surface area contributed by atoms with Crippen LogP contribution in [0.1, 0.15) is 0 Å². The van der Waals surface area contributed by atoms with Crippen LogP contribution < -0.4 is 9.80 Å². The van der Waals surface area contributed by atoms with Gasteiger partial charge in [0.1, 0.15) is 11.0 Å². The first-order valence-corrected chi connectivity index (χ1v) is 21.4. The van der Waals surface area contributed by atoms with Crippen molar-refractivity contribution in [2.45, 2.75) is 0 Å². The third-order valence-corrected chi connectivity index (χ3v) is 11.9. The van der Waals surface area contributed by atoms with Crippen LogP contribution in [-0.4, -0.2) is 9.97 Å². The summed E-state index contributed by atoms with van der Waals surface area (Å²) in [5, 5.41) is 4.76. The first-order chi connectivity index (χ1) is 31.7. The quantitative estimate of drug-likeness (QED) is 0.145. The molecule has 302 valence electrons. The standard InChI is InChI=1S/C58H38N4O2/c1-3-17-45(18-4-1)61(53-23-11-15-39-13-7-9-21-49(39)53)47-31-25-41(26-32-47)57-59-51-35-29-43(37-55(51)63-57)44-30-36-52-56(38-44)64-58(60-52)42-27-33-48(34-28-42)62(46-19-5-2-6-20-46)54-24-12-16-40-14-8-10-22-50(40)54/h1-38H. The molecule has 0 atom stereocenters. The van der Waals surface area contributed by atoms with Gasteiger partial charge in [-0.25, -0.2) is 9.97 Å². The summed E-state index contributed by atoms with van der Waals surface area (Å²) in [7, 11) is 0. The maximum atomic E-state index is 6.43. The van der Waals surface area contributed by atoms with Gasteiger partial charge in [-0.2, -0.15) is 0 Å². The first kappa shape index (κ1) is 37.1. The van der Waals surface area contributed by atoms with E-state index in [1.165, 1.54) is 21.5 Å². The maximum Gasteiger partial charge on any atom is 0.227 e. The summed E-state index contributed by atoms with van der Waals surface area (Å²) in [5.74, 6) is 1.14. The molecule has 0 unspecified atom stereocenters. The number of oxazole rings is 2. The molecule has 2 heterocycles. The number of anilines is 6. The van der Waals surface area contributed by atoms with Crippen molar-refractivity contribution in [2.24, 2.45) is 0 Å². The molecule has 6 heteroatoms. The van der Waals surface area contributed by atoms with Crippen molar-refractivity contribution >= 4 is 77.9 Å². The van der Waals surface area contributed by atoms with Crippen LogP contribution in [0.15, 0.2) is 239 Å². The minimum absolute atomic E-state index is 0.570. The van der Waals surface area contributed by atoms with Crippen molar-refractivity contribution in [1.29, 1.82) is 0 Å². The lowest BCUT2D eigenvalue weighted by Gasteiger charge is -2.27. The molecule has 12 aromatic rings. The Morgan fingerprint density at radius 1 is 0.297 bits per heavy atom. The Bertz CT molecular complexity index is 3360. The molecule has 12 rings (SSSR count). The van der Waals surface area contributed by atoms with Crippen molar-refractivity contribution in [3.8, 4) is 34.0 Å². The number of para-hydroxylation sites is 2. The summed E-state index contributed by atoms with van der Waals surface area (Å²) < 4.78 is 12.9. The smallest absolute Gasteiger partial charge is 0.227 e. The highest BCUT2D eigenvalue weighted by Crippen LogP contribution is 2.42. The lowest BCUT2D eigenvalue weighted by atomic mass is 10.1. The zero-order valence-corrected chi connectivity index (χ0v) is 34.5. The topological polar surface area (TPSA) is 58.5 Å². The number of aromatic nitrogens is 2. The van der Waals surface area contributed by atoms with Crippen molar-refractivity contribution in [1.82, 2.24) is 9.97 Å². The number of nitrogens with zero attached hydrogens (tertiary/aromatic N) is 4. The van der Waals surface area contributed by atoms with Gasteiger partial charge in [0.15, 0.2) is 11.2 Å². The Morgan fingerprint density at radius 2 is 0.656 bits per heavy atom. The Morgan fingerprint density at radius 3 is 1.09 bits per heavy atom. The van der Waals surface area contributed by atoms with Crippen molar-refractivity contribution in [2.75, 3.05) is 9.80 Å². The molecular weight excluding hydrogens is 785 g/mol. The summed E-state index contributed by atoms with van der Waals surface area (Å²) in [5.41, 5.74) is 13.3. The van der Waals surface area contributed by atoms with Gasteiger partial charge in [-0.3, -0.25) is 0 Å². The van der Waals surface area contributed by atoms with Crippen LogP contribution >= 0.6 is 0 Å². The van der Waals surface area contributed by atoms with Gasteiger partial charge in [0, 0.05) is 44.6 Å². The lowest BCUT2D eigenvalue weighted by molar-refractivity contribution is 0.619. The molecule has 0 aliphatic carbocycles. The highest BCUT2D eigenvalue weighted by molar-refractivity contribution is 6.00. The molecule has 64 heavy (non-hydrogen) atoms. The van der Waals surface area contributed by atoms with E-state index in [0.29, 0.717) is 22.9 Å². The Kier molecular flexibility index (Phi) is 9.05. The molecule has 0 spiro atoms. The fourth-order valence-electron chi connectivity index (χ4n) is 8.78. The molecule has 0 saturated carbocycles. The number of benzene rings is 10.